The Bertz CT molecular complexity index is 825. The molecule has 3 N–H and O–H groups in total. The van der Waals surface area contributed by atoms with Crippen LogP contribution in [0.15, 0.2) is 33.9 Å². The highest BCUT2D eigenvalue weighted by Crippen LogP contribution is 2.18. The maximum Gasteiger partial charge on any atom is 0.334 e. The molecule has 1 aliphatic heterocycles. The molecule has 1 unspecified atom stereocenters. The van der Waals surface area contributed by atoms with Crippen LogP contribution in [-0.4, -0.2) is 22.3 Å². The number of nitrogens with one attached hydrogen (secondary N) is 3. The summed E-state index contributed by atoms with van der Waals surface area (Å²) in [5, 5.41) is 3.86. The summed E-state index contributed by atoms with van der Waals surface area (Å²) < 4.78 is 1.50. The zero-order chi connectivity index (χ0) is 16.6. The predicted molar refractivity (Wildman–Crippen MR) is 90.6 cm³/mol. The number of aromatic nitrogens is 2. The van der Waals surface area contributed by atoms with Crippen LogP contribution in [0.2, 0.25) is 5.02 Å². The number of nitrogens with zero attached hydrogens (tertiary/aromatic N) is 1. The molecule has 2 aromatic rings. The Morgan fingerprint density at radius 1 is 1.30 bits per heavy atom. The van der Waals surface area contributed by atoms with Crippen LogP contribution in [0.1, 0.15) is 25.8 Å². The quantitative estimate of drug-likeness (QED) is 0.775. The second kappa shape index (κ2) is 6.22. The summed E-state index contributed by atoms with van der Waals surface area (Å²) in [5.41, 5.74) is 0.520. The molecule has 0 bridgehead atoms. The van der Waals surface area contributed by atoms with Crippen molar-refractivity contribution < 1.29 is 4.90 Å². The van der Waals surface area contributed by atoms with Gasteiger partial charge in [-0.15, -0.1) is 0 Å². The molecule has 23 heavy (non-hydrogen) atoms. The maximum atomic E-state index is 12.3. The fraction of sp³-hybridized carbons (Fsp3) is 0.375. The standard InChI is InChI=1S/C16H19ClN4O2/c1-3-10(2)20-8-13-14(18-9-20)21(16(23)19-15(13)22)12-6-4-11(17)5-7-12/h4-7,10,18H,3,8-9H2,1-2H3,(H,19,22,23)/p+1/t10-/m0/s1. The van der Waals surface area contributed by atoms with Gasteiger partial charge in [-0.2, -0.15) is 0 Å². The van der Waals surface area contributed by atoms with Gasteiger partial charge in [0.05, 0.1) is 11.7 Å². The molecule has 3 rings (SSSR count). The van der Waals surface area contributed by atoms with E-state index in [1.165, 1.54) is 9.47 Å². The van der Waals surface area contributed by atoms with Crippen molar-refractivity contribution in [2.45, 2.75) is 32.9 Å². The first-order valence-corrected chi connectivity index (χ1v) is 8.11. The minimum Gasteiger partial charge on any atom is -0.324 e. The molecule has 7 heteroatoms. The Morgan fingerprint density at radius 3 is 2.65 bits per heavy atom. The number of anilines is 1. The van der Waals surface area contributed by atoms with E-state index < -0.39 is 5.69 Å². The number of quaternary nitrogens is 1. The third kappa shape index (κ3) is 2.92. The monoisotopic (exact) mass is 335 g/mol. The lowest BCUT2D eigenvalue weighted by atomic mass is 10.1. The lowest BCUT2D eigenvalue weighted by molar-refractivity contribution is -0.935. The lowest BCUT2D eigenvalue weighted by Gasteiger charge is -2.31. The van der Waals surface area contributed by atoms with Crippen molar-refractivity contribution in [1.82, 2.24) is 9.55 Å². The van der Waals surface area contributed by atoms with Crippen LogP contribution < -0.4 is 21.5 Å². The van der Waals surface area contributed by atoms with Crippen LogP contribution >= 0.6 is 11.6 Å². The number of H-pyrrole nitrogens is 1. The van der Waals surface area contributed by atoms with E-state index in [0.29, 0.717) is 41.3 Å². The number of hydrogen-bond acceptors (Lipinski definition) is 3. The van der Waals surface area contributed by atoms with Gasteiger partial charge in [-0.05, 0) is 37.6 Å². The first-order valence-electron chi connectivity index (χ1n) is 7.74. The first kappa shape index (κ1) is 15.8. The van der Waals surface area contributed by atoms with E-state index in [1.807, 2.05) is 0 Å². The summed E-state index contributed by atoms with van der Waals surface area (Å²) >= 11 is 5.91. The van der Waals surface area contributed by atoms with E-state index in [0.717, 1.165) is 6.42 Å². The molecule has 2 atom stereocenters. The first-order chi connectivity index (χ1) is 11.0. The van der Waals surface area contributed by atoms with Crippen molar-refractivity contribution in [2.75, 3.05) is 12.0 Å². The van der Waals surface area contributed by atoms with Crippen molar-refractivity contribution in [3.8, 4) is 5.69 Å². The van der Waals surface area contributed by atoms with E-state index in [9.17, 15) is 9.59 Å². The average Bonchev–Trinajstić information content (AvgIpc) is 2.55. The Hall–Kier alpha value is -2.05. The Balaban J connectivity index is 2.12. The summed E-state index contributed by atoms with van der Waals surface area (Å²) in [7, 11) is 0. The summed E-state index contributed by atoms with van der Waals surface area (Å²) in [6, 6.07) is 7.40. The highest BCUT2D eigenvalue weighted by molar-refractivity contribution is 6.30. The number of hydrogen-bond donors (Lipinski definition) is 3. The summed E-state index contributed by atoms with van der Waals surface area (Å²) in [6.07, 6.45) is 1.03. The van der Waals surface area contributed by atoms with Crippen LogP contribution in [0.5, 0.6) is 0 Å². The van der Waals surface area contributed by atoms with E-state index in [-0.39, 0.29) is 5.56 Å². The molecular formula is C16H20ClN4O2+. The highest BCUT2D eigenvalue weighted by Gasteiger charge is 2.28. The number of rotatable bonds is 3. The highest BCUT2D eigenvalue weighted by atomic mass is 35.5. The fourth-order valence-electron chi connectivity index (χ4n) is 2.88. The van der Waals surface area contributed by atoms with Gasteiger partial charge in [0.15, 0.2) is 6.67 Å². The van der Waals surface area contributed by atoms with Crippen LogP contribution in [0.3, 0.4) is 0 Å². The van der Waals surface area contributed by atoms with Crippen LogP contribution in [0.4, 0.5) is 5.82 Å². The molecule has 6 nitrogen and oxygen atoms in total. The topological polar surface area (TPSA) is 71.3 Å². The minimum absolute atomic E-state index is 0.316. The molecule has 1 aliphatic rings. The second-order valence-electron chi connectivity index (χ2n) is 5.90. The molecule has 0 saturated heterocycles. The molecule has 1 aromatic heterocycles. The Morgan fingerprint density at radius 2 is 2.00 bits per heavy atom. The zero-order valence-electron chi connectivity index (χ0n) is 13.1. The fourth-order valence-corrected chi connectivity index (χ4v) is 3.01. The largest absolute Gasteiger partial charge is 0.334 e. The Kier molecular flexibility index (Phi) is 4.28. The number of benzene rings is 1. The molecule has 0 saturated carbocycles. The molecule has 0 radical (unpaired) electrons. The van der Waals surface area contributed by atoms with Crippen molar-refractivity contribution in [3.63, 3.8) is 0 Å². The zero-order valence-corrected chi connectivity index (χ0v) is 13.9. The summed E-state index contributed by atoms with van der Waals surface area (Å²) in [4.78, 5) is 28.2. The number of fused-ring (bicyclic) bond motifs is 1. The molecule has 0 aliphatic carbocycles. The van der Waals surface area contributed by atoms with Crippen LogP contribution in [0, 0.1) is 0 Å². The van der Waals surface area contributed by atoms with E-state index in [1.54, 1.807) is 24.3 Å². The minimum atomic E-state index is -0.449. The van der Waals surface area contributed by atoms with Crippen molar-refractivity contribution >= 4 is 17.4 Å². The van der Waals surface area contributed by atoms with E-state index in [2.05, 4.69) is 24.1 Å². The molecule has 0 fully saturated rings. The van der Waals surface area contributed by atoms with Gasteiger partial charge in [0, 0.05) is 5.02 Å². The number of halogens is 1. The van der Waals surface area contributed by atoms with Gasteiger partial charge in [0.2, 0.25) is 0 Å². The smallest absolute Gasteiger partial charge is 0.324 e. The average molecular weight is 336 g/mol. The SMILES string of the molecule is CC[C@H](C)[NH+]1CNc2c(c(=O)[nH]c(=O)n2-c2ccc(Cl)cc2)C1. The maximum absolute atomic E-state index is 12.3. The second-order valence-corrected chi connectivity index (χ2v) is 6.33. The van der Waals surface area contributed by atoms with Gasteiger partial charge in [-0.3, -0.25) is 9.78 Å². The van der Waals surface area contributed by atoms with Gasteiger partial charge >= 0.3 is 5.69 Å². The third-order valence-corrected chi connectivity index (χ3v) is 4.74. The van der Waals surface area contributed by atoms with E-state index in [4.69, 9.17) is 11.6 Å². The molecular weight excluding hydrogens is 316 g/mol. The molecule has 0 spiro atoms. The van der Waals surface area contributed by atoms with Crippen molar-refractivity contribution in [1.29, 1.82) is 0 Å². The molecule has 122 valence electrons. The summed E-state index contributed by atoms with van der Waals surface area (Å²) in [5.74, 6) is 0.577. The lowest BCUT2D eigenvalue weighted by Crippen LogP contribution is -3.16. The predicted octanol–water partition coefficient (Wildman–Crippen LogP) is 0.746. The third-order valence-electron chi connectivity index (χ3n) is 4.49. The van der Waals surface area contributed by atoms with Gasteiger partial charge in [-0.1, -0.05) is 18.5 Å². The van der Waals surface area contributed by atoms with Crippen LogP contribution in [0.25, 0.3) is 5.69 Å². The summed E-state index contributed by atoms with van der Waals surface area (Å²) in [6.45, 7) is 5.57. The van der Waals surface area contributed by atoms with Gasteiger partial charge in [-0.25, -0.2) is 9.36 Å². The van der Waals surface area contributed by atoms with Crippen molar-refractivity contribution in [3.05, 3.63) is 55.7 Å². The van der Waals surface area contributed by atoms with E-state index >= 15 is 0 Å². The Labute approximate surface area is 138 Å². The normalized spacial score (nSPS) is 18.1. The molecule has 2 heterocycles. The molecule has 1 aromatic carbocycles. The van der Waals surface area contributed by atoms with Crippen LogP contribution in [-0.2, 0) is 6.54 Å². The molecule has 0 amide bonds. The van der Waals surface area contributed by atoms with Gasteiger partial charge in [0.25, 0.3) is 5.56 Å². The van der Waals surface area contributed by atoms with Gasteiger partial charge < -0.3 is 10.2 Å². The number of aromatic amines is 1. The van der Waals surface area contributed by atoms with Gasteiger partial charge in [0.1, 0.15) is 17.9 Å². The van der Waals surface area contributed by atoms with Crippen molar-refractivity contribution in [2.24, 2.45) is 0 Å².